The second kappa shape index (κ2) is 9.27. The Morgan fingerprint density at radius 3 is 2.68 bits per heavy atom. The minimum Gasteiger partial charge on any atom is -0.496 e. The van der Waals surface area contributed by atoms with Crippen molar-refractivity contribution in [1.82, 2.24) is 5.32 Å². The van der Waals surface area contributed by atoms with E-state index in [2.05, 4.69) is 44.3 Å². The molecule has 0 heterocycles. The highest BCUT2D eigenvalue weighted by Gasteiger charge is 2.09. The lowest BCUT2D eigenvalue weighted by Gasteiger charge is -2.16. The summed E-state index contributed by atoms with van der Waals surface area (Å²) in [6, 6.07) is 6.96. The van der Waals surface area contributed by atoms with E-state index in [0.29, 0.717) is 6.04 Å². The van der Waals surface area contributed by atoms with Gasteiger partial charge in [0.25, 0.3) is 0 Å². The van der Waals surface area contributed by atoms with E-state index in [9.17, 15) is 0 Å². The first-order valence-electron chi connectivity index (χ1n) is 7.20. The van der Waals surface area contributed by atoms with Crippen LogP contribution in [0.15, 0.2) is 18.2 Å². The van der Waals surface area contributed by atoms with Crippen molar-refractivity contribution in [2.75, 3.05) is 19.4 Å². The topological polar surface area (TPSA) is 21.3 Å². The highest BCUT2D eigenvalue weighted by molar-refractivity contribution is 7.98. The van der Waals surface area contributed by atoms with Crippen molar-refractivity contribution >= 4 is 11.8 Å². The third kappa shape index (κ3) is 5.45. The van der Waals surface area contributed by atoms with Gasteiger partial charge in [0, 0.05) is 17.4 Å². The molecule has 0 radical (unpaired) electrons. The number of rotatable bonds is 9. The molecule has 1 rings (SSSR count). The first-order valence-corrected chi connectivity index (χ1v) is 8.36. The Hall–Kier alpha value is -0.670. The summed E-state index contributed by atoms with van der Waals surface area (Å²) in [5.74, 6) is 3.25. The van der Waals surface area contributed by atoms with Crippen molar-refractivity contribution in [2.24, 2.45) is 0 Å². The van der Waals surface area contributed by atoms with E-state index in [1.807, 2.05) is 11.8 Å². The third-order valence-corrected chi connectivity index (χ3v) is 4.32. The van der Waals surface area contributed by atoms with Crippen LogP contribution in [0, 0.1) is 0 Å². The first kappa shape index (κ1) is 16.4. The van der Waals surface area contributed by atoms with Crippen molar-refractivity contribution in [3.63, 3.8) is 0 Å². The number of ether oxygens (including phenoxy) is 1. The minimum atomic E-state index is 0.404. The van der Waals surface area contributed by atoms with Crippen LogP contribution in [-0.4, -0.2) is 19.4 Å². The molecule has 1 unspecified atom stereocenters. The van der Waals surface area contributed by atoms with E-state index in [1.165, 1.54) is 29.7 Å². The summed E-state index contributed by atoms with van der Waals surface area (Å²) in [6.45, 7) is 7.70. The van der Waals surface area contributed by atoms with Gasteiger partial charge in [0.1, 0.15) is 5.75 Å². The molecular weight excluding hydrogens is 254 g/mol. The van der Waals surface area contributed by atoms with Gasteiger partial charge in [0.15, 0.2) is 0 Å². The van der Waals surface area contributed by atoms with Gasteiger partial charge < -0.3 is 10.1 Å². The SMILES string of the molecule is CCCNC(C)c1ccc(OC)c(CSCCC)c1. The summed E-state index contributed by atoms with van der Waals surface area (Å²) in [7, 11) is 1.75. The Morgan fingerprint density at radius 2 is 2.05 bits per heavy atom. The lowest BCUT2D eigenvalue weighted by atomic mass is 10.0. The van der Waals surface area contributed by atoms with Gasteiger partial charge in [-0.15, -0.1) is 0 Å². The molecule has 2 nitrogen and oxygen atoms in total. The molecule has 0 aliphatic rings. The monoisotopic (exact) mass is 281 g/mol. The molecule has 0 aliphatic heterocycles. The fourth-order valence-electron chi connectivity index (χ4n) is 1.99. The van der Waals surface area contributed by atoms with Crippen LogP contribution in [-0.2, 0) is 5.75 Å². The maximum absolute atomic E-state index is 5.46. The lowest BCUT2D eigenvalue weighted by molar-refractivity contribution is 0.411. The van der Waals surface area contributed by atoms with E-state index >= 15 is 0 Å². The Balaban J connectivity index is 2.75. The van der Waals surface area contributed by atoms with Crippen molar-refractivity contribution in [3.05, 3.63) is 29.3 Å². The third-order valence-electron chi connectivity index (χ3n) is 3.11. The molecule has 0 aromatic heterocycles. The smallest absolute Gasteiger partial charge is 0.122 e. The van der Waals surface area contributed by atoms with Crippen LogP contribution in [0.25, 0.3) is 0 Å². The quantitative estimate of drug-likeness (QED) is 0.678. The van der Waals surface area contributed by atoms with Crippen LogP contribution in [0.2, 0.25) is 0 Å². The van der Waals surface area contributed by atoms with E-state index < -0.39 is 0 Å². The van der Waals surface area contributed by atoms with Crippen molar-refractivity contribution in [3.8, 4) is 5.75 Å². The van der Waals surface area contributed by atoms with Gasteiger partial charge in [-0.25, -0.2) is 0 Å². The molecule has 0 fully saturated rings. The highest BCUT2D eigenvalue weighted by atomic mass is 32.2. The summed E-state index contributed by atoms with van der Waals surface area (Å²) < 4.78 is 5.46. The molecule has 1 atom stereocenters. The number of hydrogen-bond donors (Lipinski definition) is 1. The molecule has 1 aromatic rings. The predicted octanol–water partition coefficient (Wildman–Crippen LogP) is 4.40. The fourth-order valence-corrected chi connectivity index (χ4v) is 2.86. The highest BCUT2D eigenvalue weighted by Crippen LogP contribution is 2.27. The summed E-state index contributed by atoms with van der Waals surface area (Å²) >= 11 is 1.97. The molecule has 1 aromatic carbocycles. The fraction of sp³-hybridized carbons (Fsp3) is 0.625. The summed E-state index contributed by atoms with van der Waals surface area (Å²) in [6.07, 6.45) is 2.39. The molecule has 3 heteroatoms. The molecule has 108 valence electrons. The van der Waals surface area contributed by atoms with Gasteiger partial charge in [0.05, 0.1) is 7.11 Å². The van der Waals surface area contributed by atoms with Crippen LogP contribution < -0.4 is 10.1 Å². The van der Waals surface area contributed by atoms with E-state index in [-0.39, 0.29) is 0 Å². The largest absolute Gasteiger partial charge is 0.496 e. The van der Waals surface area contributed by atoms with Crippen LogP contribution in [0.3, 0.4) is 0 Å². The summed E-state index contributed by atoms with van der Waals surface area (Å²) in [4.78, 5) is 0. The van der Waals surface area contributed by atoms with Gasteiger partial charge in [0.2, 0.25) is 0 Å². The normalized spacial score (nSPS) is 12.4. The van der Waals surface area contributed by atoms with Crippen LogP contribution >= 0.6 is 11.8 Å². The molecule has 0 saturated carbocycles. The average molecular weight is 281 g/mol. The Kier molecular flexibility index (Phi) is 7.99. The van der Waals surface area contributed by atoms with E-state index in [1.54, 1.807) is 7.11 Å². The zero-order chi connectivity index (χ0) is 14.1. The summed E-state index contributed by atoms with van der Waals surface area (Å²) in [5.41, 5.74) is 2.66. The van der Waals surface area contributed by atoms with Crippen molar-refractivity contribution in [1.29, 1.82) is 0 Å². The number of methoxy groups -OCH3 is 1. The number of nitrogens with one attached hydrogen (secondary N) is 1. The number of hydrogen-bond acceptors (Lipinski definition) is 3. The van der Waals surface area contributed by atoms with E-state index in [4.69, 9.17) is 4.74 Å². The molecule has 0 aliphatic carbocycles. The average Bonchev–Trinajstić information content (AvgIpc) is 2.44. The zero-order valence-electron chi connectivity index (χ0n) is 12.7. The molecular formula is C16H27NOS. The van der Waals surface area contributed by atoms with Crippen LogP contribution in [0.5, 0.6) is 5.75 Å². The van der Waals surface area contributed by atoms with Crippen LogP contribution in [0.4, 0.5) is 0 Å². The van der Waals surface area contributed by atoms with Gasteiger partial charge in [-0.2, -0.15) is 11.8 Å². The lowest BCUT2D eigenvalue weighted by Crippen LogP contribution is -2.19. The number of benzene rings is 1. The molecule has 0 bridgehead atoms. The van der Waals surface area contributed by atoms with Crippen molar-refractivity contribution in [2.45, 2.75) is 45.4 Å². The Bertz CT molecular complexity index is 368. The molecule has 1 N–H and O–H groups in total. The Labute approximate surface area is 122 Å². The molecule has 19 heavy (non-hydrogen) atoms. The zero-order valence-corrected chi connectivity index (χ0v) is 13.5. The molecule has 0 saturated heterocycles. The number of thioether (sulfide) groups is 1. The molecule has 0 spiro atoms. The first-order chi connectivity index (χ1) is 9.22. The van der Waals surface area contributed by atoms with Crippen LogP contribution in [0.1, 0.15) is 50.8 Å². The van der Waals surface area contributed by atoms with Gasteiger partial charge >= 0.3 is 0 Å². The van der Waals surface area contributed by atoms with Crippen molar-refractivity contribution < 1.29 is 4.74 Å². The minimum absolute atomic E-state index is 0.404. The van der Waals surface area contributed by atoms with Gasteiger partial charge in [-0.05, 0) is 49.8 Å². The maximum Gasteiger partial charge on any atom is 0.122 e. The predicted molar refractivity (Wildman–Crippen MR) is 86.2 cm³/mol. The second-order valence-corrected chi connectivity index (χ2v) is 5.90. The maximum atomic E-state index is 5.46. The summed E-state index contributed by atoms with van der Waals surface area (Å²) in [5, 5.41) is 3.53. The van der Waals surface area contributed by atoms with Gasteiger partial charge in [-0.1, -0.05) is 19.9 Å². The Morgan fingerprint density at radius 1 is 1.26 bits per heavy atom. The van der Waals surface area contributed by atoms with E-state index in [0.717, 1.165) is 18.0 Å². The standard InChI is InChI=1S/C16H27NOS/c1-5-9-17-13(3)14-7-8-16(18-4)15(11-14)12-19-10-6-2/h7-8,11,13,17H,5-6,9-10,12H2,1-4H3. The van der Waals surface area contributed by atoms with Gasteiger partial charge in [-0.3, -0.25) is 0 Å². The molecule has 0 amide bonds. The second-order valence-electron chi connectivity index (χ2n) is 4.80.